The number of rotatable bonds is 7. The molecule has 2 rings (SSSR count). The lowest BCUT2D eigenvalue weighted by molar-refractivity contribution is 0.185. The minimum Gasteiger partial charge on any atom is -0.395 e. The Kier molecular flexibility index (Phi) is 5.70. The van der Waals surface area contributed by atoms with E-state index < -0.39 is 0 Å². The molecule has 0 unspecified atom stereocenters. The third-order valence-corrected chi connectivity index (χ3v) is 4.37. The molecule has 0 aliphatic heterocycles. The van der Waals surface area contributed by atoms with E-state index in [9.17, 15) is 14.7 Å². The average Bonchev–Trinajstić information content (AvgIpc) is 2.83. The van der Waals surface area contributed by atoms with Gasteiger partial charge in [-0.05, 0) is 26.0 Å². The largest absolute Gasteiger partial charge is 0.395 e. The van der Waals surface area contributed by atoms with Crippen LogP contribution in [0.3, 0.4) is 0 Å². The zero-order valence-electron chi connectivity index (χ0n) is 12.8. The Hall–Kier alpha value is -1.70. The van der Waals surface area contributed by atoms with Crippen LogP contribution in [0.4, 0.5) is 0 Å². The lowest BCUT2D eigenvalue weighted by Crippen LogP contribution is -2.39. The lowest BCUT2D eigenvalue weighted by atomic mass is 10.3. The molecule has 0 radical (unpaired) electrons. The highest BCUT2D eigenvalue weighted by Gasteiger charge is 2.09. The van der Waals surface area contributed by atoms with Gasteiger partial charge in [-0.25, -0.2) is 4.79 Å². The van der Waals surface area contributed by atoms with Crippen LogP contribution in [0.2, 0.25) is 0 Å². The van der Waals surface area contributed by atoms with Gasteiger partial charge in [-0.15, -0.1) is 11.3 Å². The summed E-state index contributed by atoms with van der Waals surface area (Å²) in [5, 5.41) is 9.19. The van der Waals surface area contributed by atoms with Gasteiger partial charge in [0.05, 0.1) is 6.61 Å². The van der Waals surface area contributed by atoms with Crippen molar-refractivity contribution < 1.29 is 5.11 Å². The first-order chi connectivity index (χ1) is 10.5. The molecule has 0 aliphatic rings. The fourth-order valence-electron chi connectivity index (χ4n) is 2.29. The molecule has 0 aliphatic carbocycles. The van der Waals surface area contributed by atoms with Crippen LogP contribution in [0, 0.1) is 13.8 Å². The number of H-pyrrole nitrogens is 1. The molecule has 120 valence electrons. The quantitative estimate of drug-likeness (QED) is 0.787. The van der Waals surface area contributed by atoms with E-state index in [0.717, 1.165) is 0 Å². The van der Waals surface area contributed by atoms with Gasteiger partial charge in [-0.2, -0.15) is 0 Å². The molecule has 2 aromatic rings. The Morgan fingerprint density at radius 2 is 2.05 bits per heavy atom. The number of thiophene rings is 1. The Morgan fingerprint density at radius 1 is 1.27 bits per heavy atom. The molecule has 0 aromatic carbocycles. The summed E-state index contributed by atoms with van der Waals surface area (Å²) in [6.45, 7) is 5.83. The van der Waals surface area contributed by atoms with Gasteiger partial charge in [0.15, 0.2) is 0 Å². The van der Waals surface area contributed by atoms with Crippen molar-refractivity contribution in [2.45, 2.75) is 26.9 Å². The molecule has 0 bridgehead atoms. The monoisotopic (exact) mass is 323 g/mol. The second-order valence-corrected chi connectivity index (χ2v) is 6.63. The number of hydrogen-bond donors (Lipinski definition) is 2. The van der Waals surface area contributed by atoms with Crippen LogP contribution in [0.5, 0.6) is 0 Å². The second-order valence-electron chi connectivity index (χ2n) is 5.26. The minimum absolute atomic E-state index is 0.0451. The minimum atomic E-state index is -0.388. The summed E-state index contributed by atoms with van der Waals surface area (Å²) in [5.74, 6) is 0. The van der Waals surface area contributed by atoms with E-state index in [-0.39, 0.29) is 17.9 Å². The topological polar surface area (TPSA) is 78.3 Å². The molecular formula is C15H21N3O3S. The molecule has 2 N–H and O–H groups in total. The van der Waals surface area contributed by atoms with E-state index in [1.165, 1.54) is 20.4 Å². The number of aromatic amines is 1. The molecule has 0 saturated carbocycles. The third-order valence-electron chi connectivity index (χ3n) is 3.39. The Labute approximate surface area is 132 Å². The summed E-state index contributed by atoms with van der Waals surface area (Å²) in [7, 11) is 0. The first kappa shape index (κ1) is 16.7. The smallest absolute Gasteiger partial charge is 0.328 e. The van der Waals surface area contributed by atoms with Crippen molar-refractivity contribution in [2.24, 2.45) is 0 Å². The molecule has 0 spiro atoms. The third kappa shape index (κ3) is 4.40. The molecule has 0 atom stereocenters. The maximum atomic E-state index is 11.9. The summed E-state index contributed by atoms with van der Waals surface area (Å²) in [6.07, 6.45) is 0. The molecule has 6 nitrogen and oxygen atoms in total. The maximum absolute atomic E-state index is 11.9. The normalized spacial score (nSPS) is 11.3. The van der Waals surface area contributed by atoms with Crippen molar-refractivity contribution in [1.82, 2.24) is 14.5 Å². The molecule has 0 amide bonds. The van der Waals surface area contributed by atoms with Gasteiger partial charge in [0.1, 0.15) is 0 Å². The average molecular weight is 323 g/mol. The van der Waals surface area contributed by atoms with E-state index in [0.29, 0.717) is 31.9 Å². The Bertz CT molecular complexity index is 701. The number of aryl methyl sites for hydroxylation is 2. The second kappa shape index (κ2) is 7.53. The van der Waals surface area contributed by atoms with Crippen LogP contribution < -0.4 is 11.2 Å². The van der Waals surface area contributed by atoms with Crippen LogP contribution in [0.25, 0.3) is 0 Å². The van der Waals surface area contributed by atoms with Crippen molar-refractivity contribution in [3.8, 4) is 0 Å². The standard InChI is InChI=1S/C15H21N3O3S/c1-11-9-14(20)18(15(21)16-11)6-5-17(7-8-19)10-13-4-3-12(2)22-13/h3-4,9,19H,5-8,10H2,1-2H3,(H,16,21). The number of hydrogen-bond acceptors (Lipinski definition) is 5. The maximum Gasteiger partial charge on any atom is 0.328 e. The van der Waals surface area contributed by atoms with E-state index in [4.69, 9.17) is 0 Å². The zero-order chi connectivity index (χ0) is 16.1. The molecular weight excluding hydrogens is 302 g/mol. The van der Waals surface area contributed by atoms with Crippen molar-refractivity contribution in [3.05, 3.63) is 54.5 Å². The fraction of sp³-hybridized carbons (Fsp3) is 0.467. The van der Waals surface area contributed by atoms with Crippen molar-refractivity contribution >= 4 is 11.3 Å². The van der Waals surface area contributed by atoms with E-state index in [1.807, 2.05) is 4.90 Å². The highest BCUT2D eigenvalue weighted by Crippen LogP contribution is 2.16. The molecule has 0 saturated heterocycles. The van der Waals surface area contributed by atoms with Crippen molar-refractivity contribution in [3.63, 3.8) is 0 Å². The summed E-state index contributed by atoms with van der Waals surface area (Å²) < 4.78 is 1.19. The lowest BCUT2D eigenvalue weighted by Gasteiger charge is -2.20. The van der Waals surface area contributed by atoms with Crippen LogP contribution in [-0.4, -0.2) is 39.3 Å². The highest BCUT2D eigenvalue weighted by atomic mass is 32.1. The predicted octanol–water partition coefficient (Wildman–Crippen LogP) is 0.709. The van der Waals surface area contributed by atoms with Crippen LogP contribution in [0.1, 0.15) is 15.4 Å². The summed E-state index contributed by atoms with van der Waals surface area (Å²) in [4.78, 5) is 30.8. The van der Waals surface area contributed by atoms with Gasteiger partial charge in [-0.3, -0.25) is 14.3 Å². The Morgan fingerprint density at radius 3 is 2.64 bits per heavy atom. The first-order valence-electron chi connectivity index (χ1n) is 7.19. The van der Waals surface area contributed by atoms with Gasteiger partial charge in [-0.1, -0.05) is 0 Å². The number of aromatic nitrogens is 2. The van der Waals surface area contributed by atoms with Gasteiger partial charge >= 0.3 is 5.69 Å². The molecule has 7 heteroatoms. The molecule has 0 fully saturated rings. The van der Waals surface area contributed by atoms with Crippen molar-refractivity contribution in [2.75, 3.05) is 19.7 Å². The van der Waals surface area contributed by atoms with E-state index >= 15 is 0 Å². The molecule has 2 heterocycles. The van der Waals surface area contributed by atoms with E-state index in [2.05, 4.69) is 24.0 Å². The van der Waals surface area contributed by atoms with Gasteiger partial charge in [0, 0.05) is 47.7 Å². The summed E-state index contributed by atoms with van der Waals surface area (Å²) in [5.41, 5.74) is -0.120. The van der Waals surface area contributed by atoms with Crippen LogP contribution in [-0.2, 0) is 13.1 Å². The number of aliphatic hydroxyl groups excluding tert-OH is 1. The van der Waals surface area contributed by atoms with E-state index in [1.54, 1.807) is 18.3 Å². The number of nitrogens with one attached hydrogen (secondary N) is 1. The molecule has 22 heavy (non-hydrogen) atoms. The predicted molar refractivity (Wildman–Crippen MR) is 87.5 cm³/mol. The highest BCUT2D eigenvalue weighted by molar-refractivity contribution is 7.11. The summed E-state index contributed by atoms with van der Waals surface area (Å²) >= 11 is 1.71. The van der Waals surface area contributed by atoms with Gasteiger partial charge < -0.3 is 10.1 Å². The summed E-state index contributed by atoms with van der Waals surface area (Å²) in [6, 6.07) is 5.54. The zero-order valence-corrected chi connectivity index (χ0v) is 13.7. The van der Waals surface area contributed by atoms with Crippen LogP contribution in [0.15, 0.2) is 27.8 Å². The number of nitrogens with zero attached hydrogens (tertiary/aromatic N) is 2. The van der Waals surface area contributed by atoms with Crippen LogP contribution >= 0.6 is 11.3 Å². The SMILES string of the molecule is Cc1cc(=O)n(CCN(CCO)Cc2ccc(C)s2)c(=O)[nH]1. The fourth-order valence-corrected chi connectivity index (χ4v) is 3.22. The number of aliphatic hydroxyl groups is 1. The van der Waals surface area contributed by atoms with Gasteiger partial charge in [0.2, 0.25) is 0 Å². The first-order valence-corrected chi connectivity index (χ1v) is 8.00. The Balaban J connectivity index is 2.06. The van der Waals surface area contributed by atoms with Crippen molar-refractivity contribution in [1.29, 1.82) is 0 Å². The van der Waals surface area contributed by atoms with Gasteiger partial charge in [0.25, 0.3) is 5.56 Å². The molecule has 2 aromatic heterocycles.